The molecule has 0 heterocycles. The van der Waals surface area contributed by atoms with Crippen molar-refractivity contribution in [1.29, 1.82) is 0 Å². The molecule has 0 aromatic heterocycles. The maximum Gasteiger partial charge on any atom is 0.224 e. The van der Waals surface area contributed by atoms with Gasteiger partial charge in [0.2, 0.25) is 5.91 Å². The van der Waals surface area contributed by atoms with Crippen molar-refractivity contribution in [3.05, 3.63) is 42.0 Å². The predicted molar refractivity (Wildman–Crippen MR) is 72.3 cm³/mol. The molecule has 0 aliphatic heterocycles. The predicted octanol–water partition coefficient (Wildman–Crippen LogP) is 3.38. The monoisotopic (exact) mass is 231 g/mol. The molecular weight excluding hydrogens is 210 g/mol. The summed E-state index contributed by atoms with van der Waals surface area (Å²) in [5.41, 5.74) is 7.45. The van der Waals surface area contributed by atoms with Crippen LogP contribution in [0.3, 0.4) is 0 Å². The van der Waals surface area contributed by atoms with Crippen molar-refractivity contribution >= 4 is 11.5 Å². The van der Waals surface area contributed by atoms with Crippen LogP contribution in [0.4, 0.5) is 0 Å². The Morgan fingerprint density at radius 3 is 2.29 bits per heavy atom. The van der Waals surface area contributed by atoms with Gasteiger partial charge in [0.25, 0.3) is 0 Å². The number of carbonyl (C=O) groups is 1. The minimum Gasteiger partial charge on any atom is -0.369 e. The summed E-state index contributed by atoms with van der Waals surface area (Å²) >= 11 is 0. The Bertz CT molecular complexity index is 408. The fourth-order valence-electron chi connectivity index (χ4n) is 1.97. The summed E-state index contributed by atoms with van der Waals surface area (Å²) in [6, 6.07) is 10.1. The molecule has 1 aliphatic carbocycles. The van der Waals surface area contributed by atoms with Gasteiger partial charge in [-0.05, 0) is 24.0 Å². The lowest BCUT2D eigenvalue weighted by Gasteiger charge is -2.19. The highest BCUT2D eigenvalue weighted by Crippen LogP contribution is 2.41. The summed E-state index contributed by atoms with van der Waals surface area (Å²) < 4.78 is 0. The van der Waals surface area contributed by atoms with Crippen molar-refractivity contribution in [2.45, 2.75) is 33.6 Å². The molecule has 0 fully saturated rings. The molecule has 1 aliphatic rings. The summed E-state index contributed by atoms with van der Waals surface area (Å²) in [7, 11) is 0. The smallest absolute Gasteiger partial charge is 0.224 e. The van der Waals surface area contributed by atoms with Crippen LogP contribution in [0.1, 0.15) is 39.2 Å². The van der Waals surface area contributed by atoms with Gasteiger partial charge in [0, 0.05) is 0 Å². The van der Waals surface area contributed by atoms with E-state index in [0.717, 1.165) is 12.8 Å². The SMILES string of the molecule is CC.CC1(C(N)=O)CC=C(c2ccccc2)C1. The van der Waals surface area contributed by atoms with Crippen LogP contribution < -0.4 is 5.73 Å². The van der Waals surface area contributed by atoms with E-state index >= 15 is 0 Å². The Balaban J connectivity index is 0.000000686. The van der Waals surface area contributed by atoms with Crippen LogP contribution in [-0.4, -0.2) is 5.91 Å². The average molecular weight is 231 g/mol. The van der Waals surface area contributed by atoms with Crippen LogP contribution in [0.15, 0.2) is 36.4 Å². The van der Waals surface area contributed by atoms with Gasteiger partial charge in [-0.15, -0.1) is 0 Å². The highest BCUT2D eigenvalue weighted by Gasteiger charge is 2.35. The molecule has 0 saturated carbocycles. The molecule has 92 valence electrons. The van der Waals surface area contributed by atoms with E-state index in [4.69, 9.17) is 5.73 Å². The number of allylic oxidation sites excluding steroid dienone is 2. The second kappa shape index (κ2) is 5.67. The van der Waals surface area contributed by atoms with Crippen molar-refractivity contribution in [2.24, 2.45) is 11.1 Å². The molecule has 0 bridgehead atoms. The minimum absolute atomic E-state index is 0.204. The van der Waals surface area contributed by atoms with Crippen molar-refractivity contribution in [1.82, 2.24) is 0 Å². The quantitative estimate of drug-likeness (QED) is 0.833. The van der Waals surface area contributed by atoms with E-state index in [-0.39, 0.29) is 11.3 Å². The van der Waals surface area contributed by atoms with Crippen molar-refractivity contribution < 1.29 is 4.79 Å². The zero-order chi connectivity index (χ0) is 12.9. The van der Waals surface area contributed by atoms with Gasteiger partial charge in [0.05, 0.1) is 5.41 Å². The van der Waals surface area contributed by atoms with Crippen molar-refractivity contribution in [2.75, 3.05) is 0 Å². The van der Waals surface area contributed by atoms with Crippen LogP contribution in [0.25, 0.3) is 5.57 Å². The number of amides is 1. The zero-order valence-corrected chi connectivity index (χ0v) is 10.9. The third-order valence-corrected chi connectivity index (χ3v) is 3.12. The summed E-state index contributed by atoms with van der Waals surface area (Å²) in [6.07, 6.45) is 3.64. The fourth-order valence-corrected chi connectivity index (χ4v) is 1.97. The van der Waals surface area contributed by atoms with Gasteiger partial charge >= 0.3 is 0 Å². The number of primary amides is 1. The molecule has 17 heavy (non-hydrogen) atoms. The molecule has 0 saturated heterocycles. The first kappa shape index (κ1) is 13.5. The molecule has 1 aromatic carbocycles. The number of benzene rings is 1. The Hall–Kier alpha value is -1.57. The first-order valence-corrected chi connectivity index (χ1v) is 6.16. The van der Waals surface area contributed by atoms with E-state index < -0.39 is 0 Å². The number of hydrogen-bond donors (Lipinski definition) is 1. The maximum absolute atomic E-state index is 11.3. The Morgan fingerprint density at radius 2 is 1.82 bits per heavy atom. The lowest BCUT2D eigenvalue weighted by molar-refractivity contribution is -0.126. The highest BCUT2D eigenvalue weighted by molar-refractivity contribution is 5.85. The zero-order valence-electron chi connectivity index (χ0n) is 10.9. The van der Waals surface area contributed by atoms with Gasteiger partial charge in [-0.1, -0.05) is 57.2 Å². The highest BCUT2D eigenvalue weighted by atomic mass is 16.1. The fraction of sp³-hybridized carbons (Fsp3) is 0.400. The van der Waals surface area contributed by atoms with Gasteiger partial charge < -0.3 is 5.73 Å². The molecule has 1 unspecified atom stereocenters. The van der Waals surface area contributed by atoms with Gasteiger partial charge in [-0.2, -0.15) is 0 Å². The van der Waals surface area contributed by atoms with E-state index in [1.807, 2.05) is 39.0 Å². The van der Waals surface area contributed by atoms with Crippen LogP contribution >= 0.6 is 0 Å². The van der Waals surface area contributed by atoms with E-state index in [1.54, 1.807) is 0 Å². The van der Waals surface area contributed by atoms with Gasteiger partial charge in [-0.25, -0.2) is 0 Å². The molecule has 2 N–H and O–H groups in total. The summed E-state index contributed by atoms with van der Waals surface area (Å²) in [6.45, 7) is 5.93. The number of rotatable bonds is 2. The number of nitrogens with two attached hydrogens (primary N) is 1. The topological polar surface area (TPSA) is 43.1 Å². The van der Waals surface area contributed by atoms with E-state index in [1.165, 1.54) is 11.1 Å². The second-order valence-corrected chi connectivity index (χ2v) is 4.40. The minimum atomic E-state index is -0.384. The number of hydrogen-bond acceptors (Lipinski definition) is 1. The van der Waals surface area contributed by atoms with Crippen molar-refractivity contribution in [3.8, 4) is 0 Å². The van der Waals surface area contributed by atoms with E-state index in [9.17, 15) is 4.79 Å². The van der Waals surface area contributed by atoms with Crippen molar-refractivity contribution in [3.63, 3.8) is 0 Å². The van der Waals surface area contributed by atoms with Crippen LogP contribution in [0, 0.1) is 5.41 Å². The molecule has 1 aromatic rings. The normalized spacial score (nSPS) is 22.4. The van der Waals surface area contributed by atoms with E-state index in [2.05, 4.69) is 18.2 Å². The first-order chi connectivity index (χ1) is 8.12. The average Bonchev–Trinajstić information content (AvgIpc) is 2.77. The Labute approximate surface area is 104 Å². The van der Waals surface area contributed by atoms with Gasteiger partial charge in [0.1, 0.15) is 0 Å². The molecule has 2 heteroatoms. The largest absolute Gasteiger partial charge is 0.369 e. The first-order valence-electron chi connectivity index (χ1n) is 6.16. The lowest BCUT2D eigenvalue weighted by atomic mass is 9.85. The molecule has 0 radical (unpaired) electrons. The van der Waals surface area contributed by atoms with Gasteiger partial charge in [-0.3, -0.25) is 4.79 Å². The molecular formula is C15H21NO. The lowest BCUT2D eigenvalue weighted by Crippen LogP contribution is -2.32. The Kier molecular flexibility index (Phi) is 4.50. The maximum atomic E-state index is 11.3. The van der Waals surface area contributed by atoms with Crippen LogP contribution in [0.2, 0.25) is 0 Å². The second-order valence-electron chi connectivity index (χ2n) is 4.40. The molecule has 2 nitrogen and oxygen atoms in total. The number of carbonyl (C=O) groups excluding carboxylic acids is 1. The van der Waals surface area contributed by atoms with Crippen LogP contribution in [-0.2, 0) is 4.79 Å². The van der Waals surface area contributed by atoms with Crippen LogP contribution in [0.5, 0.6) is 0 Å². The standard InChI is InChI=1S/C13H15NO.C2H6/c1-13(12(14)15)8-7-11(9-13)10-5-3-2-4-6-10;1-2/h2-7H,8-9H2,1H3,(H2,14,15);1-2H3. The molecule has 1 atom stereocenters. The molecule has 1 amide bonds. The summed E-state index contributed by atoms with van der Waals surface area (Å²) in [5, 5.41) is 0. The third-order valence-electron chi connectivity index (χ3n) is 3.12. The molecule has 2 rings (SSSR count). The van der Waals surface area contributed by atoms with E-state index in [0.29, 0.717) is 0 Å². The summed E-state index contributed by atoms with van der Waals surface area (Å²) in [4.78, 5) is 11.3. The molecule has 0 spiro atoms. The van der Waals surface area contributed by atoms with Gasteiger partial charge in [0.15, 0.2) is 0 Å². The summed E-state index contributed by atoms with van der Waals surface area (Å²) in [5.74, 6) is -0.204. The third kappa shape index (κ3) is 2.96. The Morgan fingerprint density at radius 1 is 1.24 bits per heavy atom.